The van der Waals surface area contributed by atoms with Crippen molar-refractivity contribution in [3.63, 3.8) is 0 Å². The zero-order valence-corrected chi connectivity index (χ0v) is 16.1. The van der Waals surface area contributed by atoms with E-state index in [1.165, 1.54) is 38.4 Å². The maximum atomic E-state index is 12.5. The fourth-order valence-electron chi connectivity index (χ4n) is 4.22. The number of amides is 1. The normalized spacial score (nSPS) is 19.3. The Morgan fingerprint density at radius 2 is 1.76 bits per heavy atom. The van der Waals surface area contributed by atoms with E-state index in [-0.39, 0.29) is 11.9 Å². The summed E-state index contributed by atoms with van der Waals surface area (Å²) in [4.78, 5) is 25.8. The zero-order chi connectivity index (χ0) is 19.6. The summed E-state index contributed by atoms with van der Waals surface area (Å²) in [5, 5.41) is 13.0. The Morgan fingerprint density at radius 3 is 2.52 bits per heavy atom. The third kappa shape index (κ3) is 3.70. The summed E-state index contributed by atoms with van der Waals surface area (Å²) in [6.07, 6.45) is 10.3. The van der Waals surface area contributed by atoms with Gasteiger partial charge in [-0.2, -0.15) is 5.10 Å². The molecule has 1 unspecified atom stereocenters. The Balaban J connectivity index is 1.35. The molecule has 0 radical (unpaired) electrons. The van der Waals surface area contributed by atoms with Crippen molar-refractivity contribution >= 4 is 17.5 Å². The minimum Gasteiger partial charge on any atom is -0.355 e. The van der Waals surface area contributed by atoms with E-state index in [2.05, 4.69) is 30.8 Å². The van der Waals surface area contributed by atoms with Crippen molar-refractivity contribution in [1.29, 1.82) is 0 Å². The van der Waals surface area contributed by atoms with Gasteiger partial charge in [0.05, 0.1) is 11.9 Å². The average molecular weight is 389 g/mol. The monoisotopic (exact) mass is 389 g/mol. The maximum Gasteiger partial charge on any atom is 0.248 e. The molecule has 8 nitrogen and oxygen atoms in total. The van der Waals surface area contributed by atoms with E-state index in [0.29, 0.717) is 17.6 Å². The molecular weight excluding hydrogens is 366 g/mol. The number of carbonyl (C=O) groups is 1. The van der Waals surface area contributed by atoms with Crippen LogP contribution in [0.5, 0.6) is 0 Å². The third-order valence-electron chi connectivity index (χ3n) is 5.80. The second-order valence-electron chi connectivity index (χ2n) is 7.79. The molecule has 2 aliphatic rings. The second-order valence-corrected chi connectivity index (χ2v) is 7.79. The van der Waals surface area contributed by atoms with Crippen molar-refractivity contribution in [3.8, 4) is 22.6 Å². The predicted molar refractivity (Wildman–Crippen MR) is 110 cm³/mol. The van der Waals surface area contributed by atoms with E-state index in [1.54, 1.807) is 6.20 Å². The molecule has 3 N–H and O–H groups in total. The van der Waals surface area contributed by atoms with Crippen LogP contribution in [0, 0.1) is 5.92 Å². The van der Waals surface area contributed by atoms with Crippen molar-refractivity contribution < 1.29 is 4.79 Å². The van der Waals surface area contributed by atoms with E-state index < -0.39 is 0 Å². The fourth-order valence-corrected chi connectivity index (χ4v) is 4.22. The van der Waals surface area contributed by atoms with Crippen LogP contribution in [0.15, 0.2) is 36.8 Å². The molecule has 1 aromatic carbocycles. The molecule has 1 saturated carbocycles. The number of nitrogens with zero attached hydrogens (tertiary/aromatic N) is 4. The summed E-state index contributed by atoms with van der Waals surface area (Å²) < 4.78 is 0. The van der Waals surface area contributed by atoms with Crippen molar-refractivity contribution in [2.75, 3.05) is 10.6 Å². The summed E-state index contributed by atoms with van der Waals surface area (Å²) in [6.45, 7) is 0. The molecule has 29 heavy (non-hydrogen) atoms. The summed E-state index contributed by atoms with van der Waals surface area (Å²) in [6, 6.07) is 7.66. The van der Waals surface area contributed by atoms with Gasteiger partial charge in [0.15, 0.2) is 17.5 Å². The van der Waals surface area contributed by atoms with Gasteiger partial charge in [-0.1, -0.05) is 56.4 Å². The van der Waals surface area contributed by atoms with Crippen molar-refractivity contribution in [2.45, 2.75) is 44.6 Å². The second kappa shape index (κ2) is 7.62. The highest BCUT2D eigenvalue weighted by atomic mass is 16.2. The third-order valence-corrected chi connectivity index (χ3v) is 5.80. The number of hydrogen-bond donors (Lipinski definition) is 3. The maximum absolute atomic E-state index is 12.5. The molecule has 3 heterocycles. The quantitative estimate of drug-likeness (QED) is 0.629. The topological polar surface area (TPSA) is 108 Å². The first-order valence-electron chi connectivity index (χ1n) is 10.2. The van der Waals surface area contributed by atoms with Gasteiger partial charge in [0, 0.05) is 11.1 Å². The molecule has 3 aromatic rings. The van der Waals surface area contributed by atoms with Gasteiger partial charge in [0.25, 0.3) is 0 Å². The lowest BCUT2D eigenvalue weighted by atomic mass is 9.84. The molecule has 148 valence electrons. The largest absolute Gasteiger partial charge is 0.355 e. The van der Waals surface area contributed by atoms with Crippen molar-refractivity contribution in [2.24, 2.45) is 5.92 Å². The molecule has 0 spiro atoms. The predicted octanol–water partition coefficient (Wildman–Crippen LogP) is 3.63. The number of aromatic amines is 1. The van der Waals surface area contributed by atoms with E-state index in [9.17, 15) is 4.79 Å². The van der Waals surface area contributed by atoms with E-state index in [1.807, 2.05) is 24.3 Å². The molecule has 1 aliphatic heterocycles. The lowest BCUT2D eigenvalue weighted by Gasteiger charge is -2.30. The summed E-state index contributed by atoms with van der Waals surface area (Å²) in [5.74, 6) is 2.46. The smallest absolute Gasteiger partial charge is 0.248 e. The summed E-state index contributed by atoms with van der Waals surface area (Å²) in [5.41, 5.74) is 2.66. The van der Waals surface area contributed by atoms with Crippen LogP contribution in [0.4, 0.5) is 11.6 Å². The van der Waals surface area contributed by atoms with Gasteiger partial charge in [0.2, 0.25) is 5.91 Å². The van der Waals surface area contributed by atoms with Gasteiger partial charge in [-0.3, -0.25) is 9.89 Å². The van der Waals surface area contributed by atoms with Crippen LogP contribution in [0.2, 0.25) is 0 Å². The van der Waals surface area contributed by atoms with E-state index in [0.717, 1.165) is 29.1 Å². The highest BCUT2D eigenvalue weighted by Crippen LogP contribution is 2.32. The van der Waals surface area contributed by atoms with Crippen LogP contribution in [-0.4, -0.2) is 37.1 Å². The Morgan fingerprint density at radius 1 is 0.966 bits per heavy atom. The highest BCUT2D eigenvalue weighted by molar-refractivity contribution is 6.01. The minimum absolute atomic E-state index is 0.0125. The number of rotatable bonds is 4. The first-order valence-corrected chi connectivity index (χ1v) is 10.2. The molecular formula is C21H23N7O. The first kappa shape index (κ1) is 17.8. The number of hydrogen-bond acceptors (Lipinski definition) is 6. The van der Waals surface area contributed by atoms with Crippen LogP contribution in [-0.2, 0) is 4.79 Å². The highest BCUT2D eigenvalue weighted by Gasteiger charge is 2.30. The number of benzene rings is 1. The molecule has 0 bridgehead atoms. The van der Waals surface area contributed by atoms with Gasteiger partial charge in [-0.25, -0.2) is 15.0 Å². The summed E-state index contributed by atoms with van der Waals surface area (Å²) in [7, 11) is 0. The lowest BCUT2D eigenvalue weighted by molar-refractivity contribution is -0.117. The molecule has 1 amide bonds. The number of carbonyl (C=O) groups excluding carboxylic acids is 1. The van der Waals surface area contributed by atoms with Crippen LogP contribution in [0.3, 0.4) is 0 Å². The van der Waals surface area contributed by atoms with Gasteiger partial charge in [-0.15, -0.1) is 0 Å². The van der Waals surface area contributed by atoms with Crippen LogP contribution < -0.4 is 10.6 Å². The fraction of sp³-hybridized carbons (Fsp3) is 0.381. The Bertz CT molecular complexity index is 994. The lowest BCUT2D eigenvalue weighted by Crippen LogP contribution is -2.41. The number of H-pyrrole nitrogens is 1. The van der Waals surface area contributed by atoms with Crippen LogP contribution in [0.25, 0.3) is 22.6 Å². The molecule has 1 fully saturated rings. The molecule has 5 rings (SSSR count). The Labute approximate surface area is 168 Å². The SMILES string of the molecule is O=C1Nc2ncc(-c3ccc(-c4ncn[nH]4)cc3)nc2NC1CC1CCCCC1. The molecule has 8 heteroatoms. The van der Waals surface area contributed by atoms with E-state index >= 15 is 0 Å². The Kier molecular flexibility index (Phi) is 4.67. The molecule has 1 atom stereocenters. The first-order chi connectivity index (χ1) is 14.3. The van der Waals surface area contributed by atoms with Gasteiger partial charge >= 0.3 is 0 Å². The van der Waals surface area contributed by atoms with Crippen LogP contribution >= 0.6 is 0 Å². The minimum atomic E-state index is -0.246. The Hall–Kier alpha value is -3.29. The van der Waals surface area contributed by atoms with Gasteiger partial charge < -0.3 is 10.6 Å². The van der Waals surface area contributed by atoms with Crippen molar-refractivity contribution in [1.82, 2.24) is 25.1 Å². The number of aromatic nitrogens is 5. The van der Waals surface area contributed by atoms with E-state index in [4.69, 9.17) is 4.98 Å². The van der Waals surface area contributed by atoms with Gasteiger partial charge in [0.1, 0.15) is 12.4 Å². The molecule has 1 aliphatic carbocycles. The van der Waals surface area contributed by atoms with Crippen LogP contribution in [0.1, 0.15) is 38.5 Å². The summed E-state index contributed by atoms with van der Waals surface area (Å²) >= 11 is 0. The number of fused-ring (bicyclic) bond motifs is 1. The molecule has 0 saturated heterocycles. The standard InChI is InChI=1S/C21H23N7O/c29-21-16(10-13-4-2-1-3-5-13)25-20-19(27-21)22-11-17(26-20)14-6-8-15(9-7-14)18-23-12-24-28-18/h6-9,11-13,16H,1-5,10H2,(H,25,26)(H,22,27,29)(H,23,24,28). The zero-order valence-electron chi connectivity index (χ0n) is 16.1. The van der Waals surface area contributed by atoms with Crippen molar-refractivity contribution in [3.05, 3.63) is 36.8 Å². The molecule has 2 aromatic heterocycles. The number of anilines is 2. The van der Waals surface area contributed by atoms with Gasteiger partial charge in [-0.05, 0) is 12.3 Å². The number of nitrogens with one attached hydrogen (secondary N) is 3. The average Bonchev–Trinajstić information content (AvgIpc) is 3.30.